The average Bonchev–Trinajstić information content (AvgIpc) is 2.15. The summed E-state index contributed by atoms with van der Waals surface area (Å²) in [5, 5.41) is 9.32. The lowest BCUT2D eigenvalue weighted by Crippen LogP contribution is -2.27. The molecular weight excluding hydrogens is 172 g/mol. The molecule has 1 aromatic carbocycles. The minimum Gasteiger partial charge on any atom is -0.387 e. The van der Waals surface area contributed by atoms with Crippen molar-refractivity contribution in [2.75, 3.05) is 0 Å². The molecule has 0 aliphatic carbocycles. The molecule has 0 saturated heterocycles. The third-order valence-corrected chi connectivity index (χ3v) is 1.89. The molecule has 66 valence electrons. The minimum absolute atomic E-state index is 0.245. The predicted octanol–water partition coefficient (Wildman–Crippen LogP) is 0.417. The molecule has 1 heterocycles. The Morgan fingerprint density at radius 2 is 1.92 bits per heavy atom. The summed E-state index contributed by atoms with van der Waals surface area (Å²) in [6.07, 6.45) is -1.34. The van der Waals surface area contributed by atoms with Crippen LogP contribution in [0.15, 0.2) is 24.3 Å². The number of fused-ring (bicyclic) bond motifs is 1. The molecular formula is C9H6O4. The van der Waals surface area contributed by atoms with Gasteiger partial charge in [-0.2, -0.15) is 0 Å². The van der Waals surface area contributed by atoms with Crippen LogP contribution in [0.2, 0.25) is 0 Å². The molecule has 0 radical (unpaired) electrons. The summed E-state index contributed by atoms with van der Waals surface area (Å²) in [4.78, 5) is 22.0. The molecule has 1 aromatic rings. The van der Waals surface area contributed by atoms with Gasteiger partial charge in [0.1, 0.15) is 0 Å². The smallest absolute Gasteiger partial charge is 0.347 e. The van der Waals surface area contributed by atoms with Gasteiger partial charge in [-0.05, 0) is 6.07 Å². The zero-order valence-corrected chi connectivity index (χ0v) is 6.56. The maximum atomic E-state index is 11.1. The number of ether oxygens (including phenoxy) is 1. The summed E-state index contributed by atoms with van der Waals surface area (Å²) in [5.74, 6) is -1.62. The van der Waals surface area contributed by atoms with Crippen LogP contribution in [0.25, 0.3) is 0 Å². The number of aliphatic hydroxyl groups excluding tert-OH is 1. The second kappa shape index (κ2) is 2.67. The maximum Gasteiger partial charge on any atom is 0.347 e. The van der Waals surface area contributed by atoms with Crippen molar-refractivity contribution in [1.29, 1.82) is 0 Å². The third-order valence-electron chi connectivity index (χ3n) is 1.89. The zero-order chi connectivity index (χ0) is 9.42. The molecule has 4 heteroatoms. The van der Waals surface area contributed by atoms with Crippen LogP contribution in [-0.2, 0) is 9.53 Å². The molecule has 2 rings (SSSR count). The number of aliphatic hydroxyl groups is 1. The standard InChI is InChI=1S/C9H6O4/c10-7-5-3-1-2-4-6(5)8(11)13-9(7)12/h1-4,7,10H. The van der Waals surface area contributed by atoms with E-state index < -0.39 is 18.0 Å². The normalized spacial score (nSPS) is 20.8. The average molecular weight is 178 g/mol. The SMILES string of the molecule is O=C1OC(=O)C(O)c2ccccc21. The van der Waals surface area contributed by atoms with E-state index in [2.05, 4.69) is 4.74 Å². The second-order valence-electron chi connectivity index (χ2n) is 2.70. The summed E-state index contributed by atoms with van der Waals surface area (Å²) < 4.78 is 4.30. The molecule has 13 heavy (non-hydrogen) atoms. The molecule has 1 aliphatic heterocycles. The van der Waals surface area contributed by atoms with Crippen LogP contribution in [0.4, 0.5) is 0 Å². The molecule has 0 fully saturated rings. The Kier molecular flexibility index (Phi) is 1.63. The van der Waals surface area contributed by atoms with Gasteiger partial charge < -0.3 is 9.84 Å². The van der Waals surface area contributed by atoms with Gasteiger partial charge in [0.25, 0.3) is 0 Å². The lowest BCUT2D eigenvalue weighted by atomic mass is 10.0. The number of esters is 2. The van der Waals surface area contributed by atoms with Crippen molar-refractivity contribution < 1.29 is 19.4 Å². The number of carbonyl (C=O) groups excluding carboxylic acids is 2. The van der Waals surface area contributed by atoms with Crippen molar-refractivity contribution in [3.05, 3.63) is 35.4 Å². The Balaban J connectivity index is 2.60. The van der Waals surface area contributed by atoms with E-state index >= 15 is 0 Å². The monoisotopic (exact) mass is 178 g/mol. The fraction of sp³-hybridized carbons (Fsp3) is 0.111. The predicted molar refractivity (Wildman–Crippen MR) is 41.8 cm³/mol. The van der Waals surface area contributed by atoms with E-state index in [1.54, 1.807) is 12.1 Å². The van der Waals surface area contributed by atoms with E-state index in [-0.39, 0.29) is 5.56 Å². The highest BCUT2D eigenvalue weighted by atomic mass is 16.6. The van der Waals surface area contributed by atoms with Crippen LogP contribution >= 0.6 is 0 Å². The summed E-state index contributed by atoms with van der Waals surface area (Å²) in [5.41, 5.74) is 0.554. The van der Waals surface area contributed by atoms with Gasteiger partial charge >= 0.3 is 11.9 Å². The van der Waals surface area contributed by atoms with Gasteiger partial charge in [0, 0.05) is 5.56 Å². The summed E-state index contributed by atoms with van der Waals surface area (Å²) in [6.45, 7) is 0. The molecule has 1 atom stereocenters. The van der Waals surface area contributed by atoms with E-state index in [0.717, 1.165) is 0 Å². The Morgan fingerprint density at radius 1 is 1.23 bits per heavy atom. The van der Waals surface area contributed by atoms with Crippen LogP contribution in [0.5, 0.6) is 0 Å². The summed E-state index contributed by atoms with van der Waals surface area (Å²) in [7, 11) is 0. The highest BCUT2D eigenvalue weighted by molar-refractivity contribution is 6.03. The number of hydrogen-bond acceptors (Lipinski definition) is 4. The van der Waals surface area contributed by atoms with Crippen LogP contribution in [0.1, 0.15) is 22.0 Å². The van der Waals surface area contributed by atoms with Crippen LogP contribution in [0.3, 0.4) is 0 Å². The van der Waals surface area contributed by atoms with Gasteiger partial charge in [-0.3, -0.25) is 0 Å². The maximum absolute atomic E-state index is 11.1. The molecule has 1 aliphatic rings. The lowest BCUT2D eigenvalue weighted by Gasteiger charge is -2.18. The molecule has 0 amide bonds. The first-order valence-corrected chi connectivity index (χ1v) is 3.73. The van der Waals surface area contributed by atoms with E-state index in [0.29, 0.717) is 5.56 Å². The van der Waals surface area contributed by atoms with Crippen LogP contribution in [-0.4, -0.2) is 17.0 Å². The number of rotatable bonds is 0. The van der Waals surface area contributed by atoms with Crippen molar-refractivity contribution in [3.63, 3.8) is 0 Å². The fourth-order valence-electron chi connectivity index (χ4n) is 1.25. The van der Waals surface area contributed by atoms with E-state index in [9.17, 15) is 14.7 Å². The number of hydrogen-bond donors (Lipinski definition) is 1. The quantitative estimate of drug-likeness (QED) is 0.461. The highest BCUT2D eigenvalue weighted by Gasteiger charge is 2.32. The van der Waals surface area contributed by atoms with E-state index in [1.165, 1.54) is 12.1 Å². The van der Waals surface area contributed by atoms with Crippen molar-refractivity contribution in [2.45, 2.75) is 6.10 Å². The largest absolute Gasteiger partial charge is 0.387 e. The molecule has 4 nitrogen and oxygen atoms in total. The fourth-order valence-corrected chi connectivity index (χ4v) is 1.25. The number of benzene rings is 1. The highest BCUT2D eigenvalue weighted by Crippen LogP contribution is 2.24. The Hall–Kier alpha value is -1.68. The van der Waals surface area contributed by atoms with Gasteiger partial charge in [-0.1, -0.05) is 18.2 Å². The van der Waals surface area contributed by atoms with Gasteiger partial charge in [-0.15, -0.1) is 0 Å². The molecule has 0 bridgehead atoms. The first-order valence-electron chi connectivity index (χ1n) is 3.73. The summed E-state index contributed by atoms with van der Waals surface area (Å²) in [6, 6.07) is 6.32. The van der Waals surface area contributed by atoms with E-state index in [4.69, 9.17) is 0 Å². The number of cyclic esters (lactones) is 2. The molecule has 0 saturated carbocycles. The first-order chi connectivity index (χ1) is 6.20. The molecule has 1 unspecified atom stereocenters. The van der Waals surface area contributed by atoms with Crippen molar-refractivity contribution in [1.82, 2.24) is 0 Å². The van der Waals surface area contributed by atoms with Crippen LogP contribution < -0.4 is 0 Å². The third kappa shape index (κ3) is 1.11. The zero-order valence-electron chi connectivity index (χ0n) is 6.56. The lowest BCUT2D eigenvalue weighted by molar-refractivity contribution is -0.149. The van der Waals surface area contributed by atoms with Gasteiger partial charge in [-0.25, -0.2) is 9.59 Å². The van der Waals surface area contributed by atoms with Gasteiger partial charge in [0.15, 0.2) is 6.10 Å². The van der Waals surface area contributed by atoms with Crippen LogP contribution in [0, 0.1) is 0 Å². The van der Waals surface area contributed by atoms with E-state index in [1.807, 2.05) is 0 Å². The second-order valence-corrected chi connectivity index (χ2v) is 2.70. The summed E-state index contributed by atoms with van der Waals surface area (Å²) >= 11 is 0. The van der Waals surface area contributed by atoms with Gasteiger partial charge in [0.05, 0.1) is 5.56 Å². The topological polar surface area (TPSA) is 63.6 Å². The molecule has 0 spiro atoms. The minimum atomic E-state index is -1.34. The Bertz CT molecular complexity index is 383. The Labute approximate surface area is 73.8 Å². The molecule has 1 N–H and O–H groups in total. The van der Waals surface area contributed by atoms with Gasteiger partial charge in [0.2, 0.25) is 0 Å². The first kappa shape index (κ1) is 7.94. The van der Waals surface area contributed by atoms with Crippen molar-refractivity contribution >= 4 is 11.9 Å². The Morgan fingerprint density at radius 3 is 2.69 bits per heavy atom. The number of carbonyl (C=O) groups is 2. The van der Waals surface area contributed by atoms with Crippen molar-refractivity contribution in [2.24, 2.45) is 0 Å². The van der Waals surface area contributed by atoms with Crippen molar-refractivity contribution in [3.8, 4) is 0 Å². The molecule has 0 aromatic heterocycles.